The summed E-state index contributed by atoms with van der Waals surface area (Å²) in [5.74, 6) is -0.129. The van der Waals surface area contributed by atoms with Gasteiger partial charge in [-0.2, -0.15) is 0 Å². The summed E-state index contributed by atoms with van der Waals surface area (Å²) in [6.45, 7) is 3.42. The third-order valence-corrected chi connectivity index (χ3v) is 3.63. The second-order valence-electron chi connectivity index (χ2n) is 5.11. The van der Waals surface area contributed by atoms with Crippen molar-refractivity contribution in [2.75, 3.05) is 13.1 Å². The van der Waals surface area contributed by atoms with Gasteiger partial charge in [-0.1, -0.05) is 12.5 Å². The average molecular weight is 264 g/mol. The van der Waals surface area contributed by atoms with Gasteiger partial charge in [0.2, 0.25) is 5.91 Å². The molecule has 1 atom stereocenters. The zero-order valence-corrected chi connectivity index (χ0v) is 11.3. The first-order valence-electron chi connectivity index (χ1n) is 6.93. The fourth-order valence-corrected chi connectivity index (χ4v) is 2.46. The van der Waals surface area contributed by atoms with Crippen molar-refractivity contribution in [1.29, 1.82) is 0 Å². The summed E-state index contributed by atoms with van der Waals surface area (Å²) in [4.78, 5) is 11.9. The smallest absolute Gasteiger partial charge is 0.237 e. The van der Waals surface area contributed by atoms with Gasteiger partial charge in [-0.25, -0.2) is 4.39 Å². The van der Waals surface area contributed by atoms with Crippen LogP contribution in [0.25, 0.3) is 0 Å². The van der Waals surface area contributed by atoms with E-state index in [1.807, 2.05) is 6.92 Å². The Balaban J connectivity index is 1.78. The van der Waals surface area contributed by atoms with Crippen molar-refractivity contribution in [2.45, 2.75) is 38.6 Å². The molecule has 1 aliphatic rings. The van der Waals surface area contributed by atoms with Crippen molar-refractivity contribution in [2.24, 2.45) is 0 Å². The highest BCUT2D eigenvalue weighted by atomic mass is 19.1. The van der Waals surface area contributed by atoms with Gasteiger partial charge in [0, 0.05) is 6.54 Å². The summed E-state index contributed by atoms with van der Waals surface area (Å²) in [6.07, 6.45) is 3.92. The molecule has 1 aromatic rings. The van der Waals surface area contributed by atoms with Crippen LogP contribution >= 0.6 is 0 Å². The predicted octanol–water partition coefficient (Wildman–Crippen LogP) is 1.93. The van der Waals surface area contributed by atoms with Crippen LogP contribution in [0, 0.1) is 12.7 Å². The number of piperidine rings is 1. The van der Waals surface area contributed by atoms with Gasteiger partial charge in [-0.15, -0.1) is 0 Å². The summed E-state index contributed by atoms with van der Waals surface area (Å²) in [5, 5.41) is 6.17. The summed E-state index contributed by atoms with van der Waals surface area (Å²) in [6, 6.07) is 4.74. The van der Waals surface area contributed by atoms with Gasteiger partial charge in [0.05, 0.1) is 6.04 Å². The highest BCUT2D eigenvalue weighted by molar-refractivity contribution is 5.81. The standard InChI is InChI=1S/C15H21FN2O/c1-11-10-13(16)6-5-12(11)7-9-18-15(19)14-4-2-3-8-17-14/h5-6,10,14,17H,2-4,7-9H2,1H3,(H,18,19)/t14-/m1/s1. The molecule has 104 valence electrons. The quantitative estimate of drug-likeness (QED) is 0.872. The van der Waals surface area contributed by atoms with Crippen LogP contribution in [-0.4, -0.2) is 25.0 Å². The van der Waals surface area contributed by atoms with E-state index in [4.69, 9.17) is 0 Å². The molecule has 1 aromatic carbocycles. The van der Waals surface area contributed by atoms with Crippen LogP contribution in [0.2, 0.25) is 0 Å². The molecule has 0 saturated carbocycles. The molecule has 2 N–H and O–H groups in total. The van der Waals surface area contributed by atoms with Crippen LogP contribution in [-0.2, 0) is 11.2 Å². The fraction of sp³-hybridized carbons (Fsp3) is 0.533. The van der Waals surface area contributed by atoms with Gasteiger partial charge in [-0.05, 0) is 56.0 Å². The van der Waals surface area contributed by atoms with Crippen molar-refractivity contribution in [3.05, 3.63) is 35.1 Å². The topological polar surface area (TPSA) is 41.1 Å². The molecule has 0 spiro atoms. The number of nitrogens with one attached hydrogen (secondary N) is 2. The van der Waals surface area contributed by atoms with E-state index < -0.39 is 0 Å². The number of carbonyl (C=O) groups is 1. The monoisotopic (exact) mass is 264 g/mol. The Bertz CT molecular complexity index is 442. The van der Waals surface area contributed by atoms with E-state index in [2.05, 4.69) is 10.6 Å². The van der Waals surface area contributed by atoms with Crippen LogP contribution in [0.4, 0.5) is 4.39 Å². The van der Waals surface area contributed by atoms with Crippen molar-refractivity contribution in [1.82, 2.24) is 10.6 Å². The van der Waals surface area contributed by atoms with Gasteiger partial charge in [0.15, 0.2) is 0 Å². The summed E-state index contributed by atoms with van der Waals surface area (Å²) >= 11 is 0. The minimum absolute atomic E-state index is 0.0388. The average Bonchev–Trinajstić information content (AvgIpc) is 2.42. The predicted molar refractivity (Wildman–Crippen MR) is 73.5 cm³/mol. The molecule has 1 saturated heterocycles. The first-order chi connectivity index (χ1) is 9.16. The maximum absolute atomic E-state index is 13.0. The van der Waals surface area contributed by atoms with E-state index in [0.29, 0.717) is 6.54 Å². The van der Waals surface area contributed by atoms with E-state index >= 15 is 0 Å². The Morgan fingerprint density at radius 1 is 1.47 bits per heavy atom. The summed E-state index contributed by atoms with van der Waals surface area (Å²) in [7, 11) is 0. The number of amides is 1. The summed E-state index contributed by atoms with van der Waals surface area (Å²) < 4.78 is 13.0. The van der Waals surface area contributed by atoms with Crippen LogP contribution in [0.15, 0.2) is 18.2 Å². The fourth-order valence-electron chi connectivity index (χ4n) is 2.46. The molecule has 1 heterocycles. The Kier molecular flexibility index (Phi) is 4.91. The molecule has 3 nitrogen and oxygen atoms in total. The number of benzene rings is 1. The number of rotatable bonds is 4. The lowest BCUT2D eigenvalue weighted by molar-refractivity contribution is -0.123. The lowest BCUT2D eigenvalue weighted by Gasteiger charge is -2.22. The van der Waals surface area contributed by atoms with Crippen LogP contribution in [0.1, 0.15) is 30.4 Å². The Labute approximate surface area is 113 Å². The maximum atomic E-state index is 13.0. The molecule has 19 heavy (non-hydrogen) atoms. The molecule has 4 heteroatoms. The van der Waals surface area contributed by atoms with E-state index in [0.717, 1.165) is 43.4 Å². The summed E-state index contributed by atoms with van der Waals surface area (Å²) in [5.41, 5.74) is 2.02. The Hall–Kier alpha value is -1.42. The van der Waals surface area contributed by atoms with Crippen LogP contribution in [0.3, 0.4) is 0 Å². The Morgan fingerprint density at radius 3 is 3.00 bits per heavy atom. The second kappa shape index (κ2) is 6.66. The second-order valence-corrected chi connectivity index (χ2v) is 5.11. The zero-order chi connectivity index (χ0) is 13.7. The first kappa shape index (κ1) is 14.0. The zero-order valence-electron chi connectivity index (χ0n) is 11.3. The highest BCUT2D eigenvalue weighted by Gasteiger charge is 2.19. The SMILES string of the molecule is Cc1cc(F)ccc1CCNC(=O)[C@H]1CCCCN1. The van der Waals surface area contributed by atoms with E-state index in [1.54, 1.807) is 6.07 Å². The highest BCUT2D eigenvalue weighted by Crippen LogP contribution is 2.10. The molecule has 1 amide bonds. The largest absolute Gasteiger partial charge is 0.354 e. The third-order valence-electron chi connectivity index (χ3n) is 3.63. The molecule has 0 unspecified atom stereocenters. The molecule has 0 aliphatic carbocycles. The number of hydrogen-bond donors (Lipinski definition) is 2. The number of carbonyl (C=O) groups excluding carboxylic acids is 1. The van der Waals surface area contributed by atoms with E-state index in [1.165, 1.54) is 12.1 Å². The van der Waals surface area contributed by atoms with Gasteiger partial charge < -0.3 is 10.6 Å². The molecule has 0 aromatic heterocycles. The first-order valence-corrected chi connectivity index (χ1v) is 6.93. The molecule has 0 bridgehead atoms. The Morgan fingerprint density at radius 2 is 2.32 bits per heavy atom. The minimum Gasteiger partial charge on any atom is -0.354 e. The van der Waals surface area contributed by atoms with Crippen LogP contribution < -0.4 is 10.6 Å². The number of aryl methyl sites for hydroxylation is 1. The van der Waals surface area contributed by atoms with Gasteiger partial charge in [0.25, 0.3) is 0 Å². The van der Waals surface area contributed by atoms with Crippen molar-refractivity contribution in [3.63, 3.8) is 0 Å². The van der Waals surface area contributed by atoms with Crippen molar-refractivity contribution < 1.29 is 9.18 Å². The van der Waals surface area contributed by atoms with Crippen molar-refractivity contribution >= 4 is 5.91 Å². The van der Waals surface area contributed by atoms with E-state index in [9.17, 15) is 9.18 Å². The number of halogens is 1. The van der Waals surface area contributed by atoms with Crippen LogP contribution in [0.5, 0.6) is 0 Å². The molecular formula is C15H21FN2O. The normalized spacial score (nSPS) is 19.2. The molecule has 2 rings (SSSR count). The maximum Gasteiger partial charge on any atom is 0.237 e. The van der Waals surface area contributed by atoms with Gasteiger partial charge >= 0.3 is 0 Å². The lowest BCUT2D eigenvalue weighted by Crippen LogP contribution is -2.47. The number of hydrogen-bond acceptors (Lipinski definition) is 2. The van der Waals surface area contributed by atoms with Gasteiger partial charge in [0.1, 0.15) is 5.82 Å². The molecule has 0 radical (unpaired) electrons. The van der Waals surface area contributed by atoms with E-state index in [-0.39, 0.29) is 17.8 Å². The minimum atomic E-state index is -0.211. The molecule has 1 fully saturated rings. The van der Waals surface area contributed by atoms with Gasteiger partial charge in [-0.3, -0.25) is 4.79 Å². The third kappa shape index (κ3) is 4.03. The lowest BCUT2D eigenvalue weighted by atomic mass is 10.0. The molecular weight excluding hydrogens is 243 g/mol. The molecule has 1 aliphatic heterocycles. The van der Waals surface area contributed by atoms with Crippen molar-refractivity contribution in [3.8, 4) is 0 Å².